The molecule has 0 saturated carbocycles. The van der Waals surface area contributed by atoms with Crippen LogP contribution in [0.4, 0.5) is 0 Å². The fourth-order valence-electron chi connectivity index (χ4n) is 2.98. The van der Waals surface area contributed by atoms with E-state index in [1.54, 1.807) is 0 Å². The molecule has 0 aromatic rings. The summed E-state index contributed by atoms with van der Waals surface area (Å²) >= 11 is -1.61. The van der Waals surface area contributed by atoms with E-state index in [9.17, 15) is 0 Å². The van der Waals surface area contributed by atoms with Crippen LogP contribution in [0.5, 0.6) is 0 Å². The SMILES string of the molecule is CCN(CC)[CH](C(C)(C)C)[Ge]([CH3])([CH3])[CH3]. The Morgan fingerprint density at radius 3 is 1.43 bits per heavy atom. The zero-order valence-corrected chi connectivity index (χ0v) is 13.5. The molecule has 86 valence electrons. The van der Waals surface area contributed by atoms with Crippen molar-refractivity contribution in [3.63, 3.8) is 0 Å². The van der Waals surface area contributed by atoms with Gasteiger partial charge in [-0.15, -0.1) is 0 Å². The predicted molar refractivity (Wildman–Crippen MR) is 69.5 cm³/mol. The fraction of sp³-hybridized carbons (Fsp3) is 1.00. The van der Waals surface area contributed by atoms with Crippen molar-refractivity contribution in [2.24, 2.45) is 5.41 Å². The van der Waals surface area contributed by atoms with Gasteiger partial charge >= 0.3 is 93.4 Å². The summed E-state index contributed by atoms with van der Waals surface area (Å²) in [7, 11) is 0. The van der Waals surface area contributed by atoms with Crippen molar-refractivity contribution in [2.45, 2.75) is 56.8 Å². The van der Waals surface area contributed by atoms with E-state index >= 15 is 0 Å². The zero-order valence-electron chi connectivity index (χ0n) is 11.4. The topological polar surface area (TPSA) is 3.24 Å². The van der Waals surface area contributed by atoms with Crippen LogP contribution in [0.3, 0.4) is 0 Å². The summed E-state index contributed by atoms with van der Waals surface area (Å²) in [5.41, 5.74) is 0.435. The van der Waals surface area contributed by atoms with E-state index in [1.807, 2.05) is 0 Å². The molecule has 0 radical (unpaired) electrons. The zero-order chi connectivity index (χ0) is 11.6. The van der Waals surface area contributed by atoms with Gasteiger partial charge in [-0.3, -0.25) is 0 Å². The molecule has 0 aromatic heterocycles. The second-order valence-electron chi connectivity index (χ2n) is 6.36. The number of rotatable bonds is 4. The van der Waals surface area contributed by atoms with E-state index in [1.165, 1.54) is 13.1 Å². The van der Waals surface area contributed by atoms with Crippen molar-refractivity contribution >= 4 is 13.3 Å². The summed E-state index contributed by atoms with van der Waals surface area (Å²) in [5.74, 6) is 7.61. The second kappa shape index (κ2) is 5.02. The number of hydrogen-bond donors (Lipinski definition) is 0. The van der Waals surface area contributed by atoms with E-state index in [0.29, 0.717) is 5.41 Å². The van der Waals surface area contributed by atoms with Gasteiger partial charge in [0.2, 0.25) is 0 Å². The molecule has 0 bridgehead atoms. The molecular weight excluding hydrogens is 231 g/mol. The second-order valence-corrected chi connectivity index (χ2v) is 17.4. The van der Waals surface area contributed by atoms with Gasteiger partial charge in [-0.2, -0.15) is 0 Å². The molecule has 1 unspecified atom stereocenters. The Kier molecular flexibility index (Phi) is 5.20. The van der Waals surface area contributed by atoms with Crippen molar-refractivity contribution in [3.8, 4) is 0 Å². The molecule has 0 aliphatic carbocycles. The normalized spacial score (nSPS) is 16.1. The van der Waals surface area contributed by atoms with E-state index in [4.69, 9.17) is 0 Å². The first-order valence-corrected chi connectivity index (χ1v) is 13.4. The van der Waals surface area contributed by atoms with Crippen LogP contribution in [0, 0.1) is 5.41 Å². The molecule has 0 saturated heterocycles. The van der Waals surface area contributed by atoms with Crippen LogP contribution < -0.4 is 0 Å². The van der Waals surface area contributed by atoms with Gasteiger partial charge in [0, 0.05) is 0 Å². The minimum absolute atomic E-state index is 0.435. The quantitative estimate of drug-likeness (QED) is 0.697. The third-order valence-corrected chi connectivity index (χ3v) is 8.84. The first-order chi connectivity index (χ1) is 6.14. The summed E-state index contributed by atoms with van der Waals surface area (Å²) < 4.78 is 0. The van der Waals surface area contributed by atoms with Gasteiger partial charge in [-0.1, -0.05) is 0 Å². The Labute approximate surface area is 93.6 Å². The Hall–Kier alpha value is 0.503. The molecule has 1 atom stereocenters. The Bertz CT molecular complexity index is 146. The third kappa shape index (κ3) is 3.94. The summed E-state index contributed by atoms with van der Waals surface area (Å²) in [6.07, 6.45) is 0. The molecule has 0 amide bonds. The molecular formula is C12H29GeN. The fourth-order valence-corrected chi connectivity index (χ4v) is 11.5. The van der Waals surface area contributed by atoms with Crippen molar-refractivity contribution in [3.05, 3.63) is 0 Å². The first kappa shape index (κ1) is 14.5. The van der Waals surface area contributed by atoms with Gasteiger partial charge in [0.05, 0.1) is 0 Å². The van der Waals surface area contributed by atoms with Gasteiger partial charge in [0.15, 0.2) is 0 Å². The van der Waals surface area contributed by atoms with Gasteiger partial charge in [0.1, 0.15) is 0 Å². The number of hydrogen-bond acceptors (Lipinski definition) is 1. The predicted octanol–water partition coefficient (Wildman–Crippen LogP) is 3.62. The average Bonchev–Trinajstić information content (AvgIpc) is 1.94. The van der Waals surface area contributed by atoms with Crippen LogP contribution in [0.25, 0.3) is 0 Å². The monoisotopic (exact) mass is 261 g/mol. The van der Waals surface area contributed by atoms with E-state index < -0.39 is 13.3 Å². The van der Waals surface area contributed by atoms with Crippen LogP contribution in [0.15, 0.2) is 0 Å². The van der Waals surface area contributed by atoms with Gasteiger partial charge in [-0.05, 0) is 0 Å². The molecule has 0 aliphatic heterocycles. The summed E-state index contributed by atoms with van der Waals surface area (Å²) in [6.45, 7) is 14.2. The molecule has 0 fully saturated rings. The number of nitrogens with zero attached hydrogens (tertiary/aromatic N) is 1. The molecule has 0 N–H and O–H groups in total. The van der Waals surface area contributed by atoms with Crippen molar-refractivity contribution in [1.29, 1.82) is 0 Å². The molecule has 0 aliphatic rings. The maximum atomic E-state index is 2.67. The Morgan fingerprint density at radius 2 is 1.36 bits per heavy atom. The standard InChI is InChI=1S/C12H29GeN/c1-9-14(10-2)11(12(3,4)5)13(6,7)8/h11H,9-10H2,1-8H3. The molecule has 14 heavy (non-hydrogen) atoms. The third-order valence-electron chi connectivity index (χ3n) is 2.82. The Morgan fingerprint density at radius 1 is 1.00 bits per heavy atom. The van der Waals surface area contributed by atoms with Gasteiger partial charge in [0.25, 0.3) is 0 Å². The van der Waals surface area contributed by atoms with Crippen LogP contribution in [-0.4, -0.2) is 36.1 Å². The van der Waals surface area contributed by atoms with Crippen molar-refractivity contribution in [2.75, 3.05) is 13.1 Å². The van der Waals surface area contributed by atoms with Crippen molar-refractivity contribution in [1.82, 2.24) is 4.90 Å². The summed E-state index contributed by atoms with van der Waals surface area (Å²) in [5, 5.41) is 0. The van der Waals surface area contributed by atoms with Crippen LogP contribution in [0.2, 0.25) is 17.3 Å². The van der Waals surface area contributed by atoms with Crippen LogP contribution in [0.1, 0.15) is 34.6 Å². The van der Waals surface area contributed by atoms with Crippen LogP contribution in [-0.2, 0) is 0 Å². The van der Waals surface area contributed by atoms with Gasteiger partial charge < -0.3 is 0 Å². The van der Waals surface area contributed by atoms with Crippen LogP contribution >= 0.6 is 0 Å². The van der Waals surface area contributed by atoms with Crippen molar-refractivity contribution < 1.29 is 0 Å². The van der Waals surface area contributed by atoms with E-state index in [2.05, 4.69) is 56.8 Å². The molecule has 0 aromatic carbocycles. The first-order valence-electron chi connectivity index (χ1n) is 5.88. The van der Waals surface area contributed by atoms with Gasteiger partial charge in [-0.25, -0.2) is 0 Å². The van der Waals surface area contributed by atoms with E-state index in [0.717, 1.165) is 4.87 Å². The molecule has 0 spiro atoms. The average molecular weight is 260 g/mol. The minimum atomic E-state index is -1.61. The molecule has 2 heteroatoms. The molecule has 0 heterocycles. The molecule has 1 nitrogen and oxygen atoms in total. The van der Waals surface area contributed by atoms with E-state index in [-0.39, 0.29) is 0 Å². The summed E-state index contributed by atoms with van der Waals surface area (Å²) in [4.78, 5) is 3.50. The summed E-state index contributed by atoms with van der Waals surface area (Å²) in [6, 6.07) is 0. The Balaban J connectivity index is 4.91. The maximum absolute atomic E-state index is 2.67. The molecule has 0 rings (SSSR count).